The molecule has 1 aromatic heterocycles. The lowest BCUT2D eigenvalue weighted by atomic mass is 10.1. The molecule has 0 radical (unpaired) electrons. The molecule has 2 aliphatic heterocycles. The summed E-state index contributed by atoms with van der Waals surface area (Å²) in [5, 5.41) is 3.11. The Hall–Kier alpha value is -4.05. The number of amides is 2. The standard InChI is InChI=1S/C26H21FN4O4S/c27-17-9-7-16(8-10-17)22(32)15-36-26-30-20-6-2-1-5-19(20)24-29-21(25(34)31(24)26)11-12-23(33)28-14-18-4-3-13-35-18/h1-10,13,21H,11-12,14-15H2,(H,28,33). The van der Waals surface area contributed by atoms with E-state index in [1.165, 1.54) is 35.4 Å². The van der Waals surface area contributed by atoms with Crippen molar-refractivity contribution >= 4 is 46.1 Å². The van der Waals surface area contributed by atoms with Crippen molar-refractivity contribution in [2.45, 2.75) is 25.4 Å². The van der Waals surface area contributed by atoms with Gasteiger partial charge in [-0.1, -0.05) is 23.9 Å². The maximum atomic E-state index is 13.3. The Labute approximate surface area is 210 Å². The van der Waals surface area contributed by atoms with E-state index in [1.54, 1.807) is 12.1 Å². The van der Waals surface area contributed by atoms with Crippen LogP contribution in [-0.4, -0.2) is 45.3 Å². The molecule has 0 saturated carbocycles. The summed E-state index contributed by atoms with van der Waals surface area (Å²) in [7, 11) is 0. The summed E-state index contributed by atoms with van der Waals surface area (Å²) < 4.78 is 18.4. The summed E-state index contributed by atoms with van der Waals surface area (Å²) in [4.78, 5) is 48.9. The van der Waals surface area contributed by atoms with E-state index in [2.05, 4.69) is 15.3 Å². The Morgan fingerprint density at radius 2 is 1.89 bits per heavy atom. The summed E-state index contributed by atoms with van der Waals surface area (Å²) in [5.41, 5.74) is 1.74. The molecular formula is C26H21FN4O4S. The average molecular weight is 505 g/mol. The molecule has 3 heterocycles. The van der Waals surface area contributed by atoms with Gasteiger partial charge in [-0.3, -0.25) is 19.4 Å². The monoisotopic (exact) mass is 504 g/mol. The Balaban J connectivity index is 1.28. The first kappa shape index (κ1) is 23.7. The van der Waals surface area contributed by atoms with Crippen molar-refractivity contribution in [2.24, 2.45) is 9.98 Å². The zero-order valence-electron chi connectivity index (χ0n) is 19.0. The van der Waals surface area contributed by atoms with Crippen LogP contribution in [0, 0.1) is 5.82 Å². The molecule has 0 fully saturated rings. The molecule has 1 N–H and O–H groups in total. The number of carbonyl (C=O) groups is 3. The third kappa shape index (κ3) is 4.99. The van der Waals surface area contributed by atoms with E-state index in [0.717, 1.165) is 11.8 Å². The number of thioether (sulfide) groups is 1. The Bertz CT molecular complexity index is 1370. The Morgan fingerprint density at radius 1 is 1.08 bits per heavy atom. The number of furan rings is 1. The first-order valence-corrected chi connectivity index (χ1v) is 12.3. The molecule has 0 spiro atoms. The number of ketones is 1. The highest BCUT2D eigenvalue weighted by atomic mass is 32.2. The van der Waals surface area contributed by atoms with Crippen LogP contribution in [0.15, 0.2) is 81.3 Å². The van der Waals surface area contributed by atoms with Crippen LogP contribution in [0.4, 0.5) is 10.1 Å². The lowest BCUT2D eigenvalue weighted by Gasteiger charge is -2.25. The number of Topliss-reactive ketones (excluding diaryl/α,β-unsaturated/α-hetero) is 1. The van der Waals surface area contributed by atoms with Gasteiger partial charge in [0.15, 0.2) is 11.0 Å². The van der Waals surface area contributed by atoms with Crippen molar-refractivity contribution in [3.05, 3.63) is 89.6 Å². The number of para-hydroxylation sites is 1. The van der Waals surface area contributed by atoms with Gasteiger partial charge in [0.25, 0.3) is 5.91 Å². The highest BCUT2D eigenvalue weighted by molar-refractivity contribution is 8.14. The van der Waals surface area contributed by atoms with Gasteiger partial charge in [-0.15, -0.1) is 0 Å². The first-order valence-electron chi connectivity index (χ1n) is 11.3. The molecule has 2 aliphatic rings. The topological polar surface area (TPSA) is 104 Å². The van der Waals surface area contributed by atoms with Crippen molar-refractivity contribution in [1.82, 2.24) is 10.2 Å². The molecule has 1 unspecified atom stereocenters. The van der Waals surface area contributed by atoms with E-state index < -0.39 is 11.9 Å². The number of benzene rings is 2. The van der Waals surface area contributed by atoms with Gasteiger partial charge < -0.3 is 9.73 Å². The number of carbonyl (C=O) groups excluding carboxylic acids is 3. The quantitative estimate of drug-likeness (QED) is 0.466. The average Bonchev–Trinajstić information content (AvgIpc) is 3.53. The highest BCUT2D eigenvalue weighted by Gasteiger charge is 2.41. The largest absolute Gasteiger partial charge is 0.467 e. The second-order valence-corrected chi connectivity index (χ2v) is 9.11. The molecule has 10 heteroatoms. The lowest BCUT2D eigenvalue weighted by Crippen LogP contribution is -2.41. The predicted octanol–water partition coefficient (Wildman–Crippen LogP) is 4.09. The molecule has 2 aromatic carbocycles. The third-order valence-electron chi connectivity index (χ3n) is 5.73. The number of aliphatic imine (C=N–C) groups is 2. The van der Waals surface area contributed by atoms with E-state index >= 15 is 0 Å². The minimum Gasteiger partial charge on any atom is -0.467 e. The van der Waals surface area contributed by atoms with Crippen LogP contribution >= 0.6 is 11.8 Å². The van der Waals surface area contributed by atoms with Gasteiger partial charge in [0, 0.05) is 17.5 Å². The summed E-state index contributed by atoms with van der Waals surface area (Å²) in [5.74, 6) is -0.0146. The van der Waals surface area contributed by atoms with Crippen LogP contribution in [-0.2, 0) is 16.1 Å². The SMILES string of the molecule is O=C(CCC1N=C2c3ccccc3N=C(SCC(=O)c3ccc(F)cc3)N2C1=O)NCc1ccco1. The molecule has 182 valence electrons. The van der Waals surface area contributed by atoms with E-state index in [1.807, 2.05) is 24.3 Å². The van der Waals surface area contributed by atoms with Gasteiger partial charge in [-0.05, 0) is 55.0 Å². The zero-order chi connectivity index (χ0) is 25.1. The van der Waals surface area contributed by atoms with Crippen molar-refractivity contribution in [3.8, 4) is 0 Å². The maximum absolute atomic E-state index is 13.3. The number of amidine groups is 2. The van der Waals surface area contributed by atoms with Crippen LogP contribution in [0.5, 0.6) is 0 Å². The van der Waals surface area contributed by atoms with Crippen LogP contribution in [0.1, 0.15) is 34.5 Å². The second kappa shape index (κ2) is 10.3. The molecule has 8 nitrogen and oxygen atoms in total. The van der Waals surface area contributed by atoms with Crippen molar-refractivity contribution in [3.63, 3.8) is 0 Å². The van der Waals surface area contributed by atoms with Gasteiger partial charge in [-0.25, -0.2) is 14.3 Å². The first-order chi connectivity index (χ1) is 17.5. The summed E-state index contributed by atoms with van der Waals surface area (Å²) in [6, 6.07) is 15.4. The summed E-state index contributed by atoms with van der Waals surface area (Å²) in [6.07, 6.45) is 1.89. The number of nitrogens with zero attached hydrogens (tertiary/aromatic N) is 3. The lowest BCUT2D eigenvalue weighted by molar-refractivity contribution is -0.125. The van der Waals surface area contributed by atoms with Crippen molar-refractivity contribution in [2.75, 3.05) is 5.75 Å². The van der Waals surface area contributed by atoms with E-state index in [4.69, 9.17) is 4.42 Å². The third-order valence-corrected chi connectivity index (χ3v) is 6.67. The molecule has 36 heavy (non-hydrogen) atoms. The predicted molar refractivity (Wildman–Crippen MR) is 134 cm³/mol. The molecule has 5 rings (SSSR count). The molecule has 1 atom stereocenters. The van der Waals surface area contributed by atoms with Gasteiger partial charge in [0.05, 0.1) is 24.2 Å². The second-order valence-electron chi connectivity index (χ2n) is 8.17. The zero-order valence-corrected chi connectivity index (χ0v) is 19.8. The molecule has 0 bridgehead atoms. The number of rotatable bonds is 8. The summed E-state index contributed by atoms with van der Waals surface area (Å²) in [6.45, 7) is 0.272. The van der Waals surface area contributed by atoms with E-state index in [0.29, 0.717) is 33.6 Å². The van der Waals surface area contributed by atoms with Gasteiger partial charge in [0.2, 0.25) is 5.91 Å². The molecule has 0 aliphatic carbocycles. The molecule has 3 aromatic rings. The van der Waals surface area contributed by atoms with Crippen LogP contribution in [0.3, 0.4) is 0 Å². The van der Waals surface area contributed by atoms with Gasteiger partial charge >= 0.3 is 0 Å². The number of hydrogen-bond donors (Lipinski definition) is 1. The fraction of sp³-hybridized carbons (Fsp3) is 0.192. The number of hydrogen-bond acceptors (Lipinski definition) is 7. The highest BCUT2D eigenvalue weighted by Crippen LogP contribution is 2.34. The Morgan fingerprint density at radius 3 is 2.67 bits per heavy atom. The number of fused-ring (bicyclic) bond motifs is 3. The van der Waals surface area contributed by atoms with Gasteiger partial charge in [0.1, 0.15) is 23.5 Å². The van der Waals surface area contributed by atoms with Crippen LogP contribution in [0.25, 0.3) is 0 Å². The summed E-state index contributed by atoms with van der Waals surface area (Å²) >= 11 is 1.12. The van der Waals surface area contributed by atoms with Gasteiger partial charge in [-0.2, -0.15) is 0 Å². The molecular weight excluding hydrogens is 483 g/mol. The molecule has 0 saturated heterocycles. The number of halogens is 1. The fourth-order valence-corrected chi connectivity index (χ4v) is 4.79. The van der Waals surface area contributed by atoms with E-state index in [9.17, 15) is 18.8 Å². The fourth-order valence-electron chi connectivity index (χ4n) is 3.89. The minimum absolute atomic E-state index is 0.0174. The smallest absolute Gasteiger partial charge is 0.259 e. The Kier molecular flexibility index (Phi) is 6.77. The van der Waals surface area contributed by atoms with Crippen molar-refractivity contribution < 1.29 is 23.2 Å². The van der Waals surface area contributed by atoms with E-state index in [-0.39, 0.29) is 42.7 Å². The maximum Gasteiger partial charge on any atom is 0.259 e. The van der Waals surface area contributed by atoms with Crippen molar-refractivity contribution in [1.29, 1.82) is 0 Å². The number of nitrogens with one attached hydrogen (secondary N) is 1. The minimum atomic E-state index is -0.737. The molecule has 2 amide bonds. The van der Waals surface area contributed by atoms with Crippen LogP contribution < -0.4 is 5.32 Å². The van der Waals surface area contributed by atoms with Crippen LogP contribution in [0.2, 0.25) is 0 Å². The normalized spacial score (nSPS) is 16.2.